The zero-order valence-electron chi connectivity index (χ0n) is 17.3. The number of fused-ring (bicyclic) bond motifs is 2. The second-order valence-electron chi connectivity index (χ2n) is 8.06. The molecule has 9 heteroatoms. The van der Waals surface area contributed by atoms with Crippen LogP contribution in [0, 0.1) is 5.92 Å². The molecule has 160 valence electrons. The maximum atomic E-state index is 12.9. The van der Waals surface area contributed by atoms with Crippen LogP contribution in [0.3, 0.4) is 0 Å². The fraction of sp³-hybridized carbons (Fsp3) is 0.364. The molecule has 0 bridgehead atoms. The van der Waals surface area contributed by atoms with Gasteiger partial charge >= 0.3 is 5.97 Å². The average molecular weight is 440 g/mol. The standard InChI is InChI=1S/C22H22ClN5O3/c1-3-31-22(30)18-19(24)26-28-7-6-16(25-20(18)28)13-8-14-10-27(11(2)12-4-5-12)21(29)17(14)15(23)9-13/h6-9,11-12H,3-5,10H2,1-2H3,(H2,24,26)/t11-/m0/s1. The van der Waals surface area contributed by atoms with Crippen molar-refractivity contribution >= 4 is 34.9 Å². The summed E-state index contributed by atoms with van der Waals surface area (Å²) < 4.78 is 6.54. The van der Waals surface area contributed by atoms with E-state index in [4.69, 9.17) is 22.1 Å². The van der Waals surface area contributed by atoms with Crippen molar-refractivity contribution in [1.82, 2.24) is 19.5 Å². The molecule has 1 saturated carbocycles. The number of carbonyl (C=O) groups is 2. The van der Waals surface area contributed by atoms with E-state index in [1.54, 1.807) is 25.3 Å². The first kappa shape index (κ1) is 19.8. The van der Waals surface area contributed by atoms with Crippen molar-refractivity contribution in [3.63, 3.8) is 0 Å². The van der Waals surface area contributed by atoms with Gasteiger partial charge in [0.2, 0.25) is 0 Å². The summed E-state index contributed by atoms with van der Waals surface area (Å²) in [6.07, 6.45) is 4.02. The summed E-state index contributed by atoms with van der Waals surface area (Å²) in [5.41, 5.74) is 9.19. The van der Waals surface area contributed by atoms with E-state index in [2.05, 4.69) is 17.0 Å². The third kappa shape index (κ3) is 3.22. The largest absolute Gasteiger partial charge is 0.462 e. The Kier molecular flexibility index (Phi) is 4.62. The van der Waals surface area contributed by atoms with Crippen LogP contribution in [-0.2, 0) is 11.3 Å². The van der Waals surface area contributed by atoms with E-state index in [9.17, 15) is 9.59 Å². The number of carbonyl (C=O) groups excluding carboxylic acids is 2. The Balaban J connectivity index is 1.55. The van der Waals surface area contributed by atoms with Gasteiger partial charge in [-0.15, -0.1) is 5.10 Å². The first-order valence-corrected chi connectivity index (χ1v) is 10.7. The second-order valence-corrected chi connectivity index (χ2v) is 8.47. The maximum Gasteiger partial charge on any atom is 0.345 e. The van der Waals surface area contributed by atoms with Crippen LogP contribution < -0.4 is 5.73 Å². The van der Waals surface area contributed by atoms with E-state index >= 15 is 0 Å². The lowest BCUT2D eigenvalue weighted by Gasteiger charge is -2.23. The van der Waals surface area contributed by atoms with Crippen molar-refractivity contribution in [2.24, 2.45) is 5.92 Å². The molecule has 8 nitrogen and oxygen atoms in total. The van der Waals surface area contributed by atoms with E-state index in [0.29, 0.717) is 34.4 Å². The van der Waals surface area contributed by atoms with Gasteiger partial charge < -0.3 is 15.4 Å². The number of aromatic nitrogens is 3. The number of ether oxygens (including phenoxy) is 1. The van der Waals surface area contributed by atoms with Gasteiger partial charge in [0.1, 0.15) is 5.56 Å². The smallest absolute Gasteiger partial charge is 0.345 e. The van der Waals surface area contributed by atoms with Gasteiger partial charge in [0, 0.05) is 24.3 Å². The molecule has 2 N–H and O–H groups in total. The minimum Gasteiger partial charge on any atom is -0.462 e. The summed E-state index contributed by atoms with van der Waals surface area (Å²) in [7, 11) is 0. The fourth-order valence-corrected chi connectivity index (χ4v) is 4.56. The molecule has 0 radical (unpaired) electrons. The van der Waals surface area contributed by atoms with Crippen LogP contribution in [0.25, 0.3) is 16.9 Å². The van der Waals surface area contributed by atoms with Crippen molar-refractivity contribution in [2.45, 2.75) is 39.3 Å². The Hall–Kier alpha value is -3.13. The average Bonchev–Trinajstić information content (AvgIpc) is 3.45. The molecule has 31 heavy (non-hydrogen) atoms. The minimum absolute atomic E-state index is 0.0116. The molecule has 0 spiro atoms. The molecule has 1 fully saturated rings. The van der Waals surface area contributed by atoms with Gasteiger partial charge in [-0.1, -0.05) is 11.6 Å². The molecule has 1 aliphatic heterocycles. The van der Waals surface area contributed by atoms with Crippen molar-refractivity contribution in [3.8, 4) is 11.3 Å². The molecule has 3 aromatic rings. The maximum absolute atomic E-state index is 12.9. The normalized spacial score (nSPS) is 16.6. The molecule has 1 amide bonds. The number of nitrogen functional groups attached to an aromatic ring is 1. The predicted molar refractivity (Wildman–Crippen MR) is 116 cm³/mol. The van der Waals surface area contributed by atoms with Crippen molar-refractivity contribution in [2.75, 3.05) is 12.3 Å². The summed E-state index contributed by atoms with van der Waals surface area (Å²) in [4.78, 5) is 31.8. The molecule has 0 saturated heterocycles. The van der Waals surface area contributed by atoms with Gasteiger partial charge in [-0.05, 0) is 56.4 Å². The molecule has 2 aromatic heterocycles. The van der Waals surface area contributed by atoms with Crippen molar-refractivity contribution in [3.05, 3.63) is 46.1 Å². The van der Waals surface area contributed by atoms with Crippen molar-refractivity contribution < 1.29 is 14.3 Å². The van der Waals surface area contributed by atoms with E-state index in [1.165, 1.54) is 17.4 Å². The van der Waals surface area contributed by atoms with Gasteiger partial charge in [0.25, 0.3) is 5.91 Å². The highest BCUT2D eigenvalue weighted by molar-refractivity contribution is 6.34. The monoisotopic (exact) mass is 439 g/mol. The zero-order valence-corrected chi connectivity index (χ0v) is 18.0. The quantitative estimate of drug-likeness (QED) is 0.609. The van der Waals surface area contributed by atoms with Crippen LogP contribution >= 0.6 is 11.6 Å². The Bertz CT molecular complexity index is 1230. The minimum atomic E-state index is -0.568. The van der Waals surface area contributed by atoms with E-state index in [0.717, 1.165) is 11.1 Å². The van der Waals surface area contributed by atoms with Crippen LogP contribution in [0.15, 0.2) is 24.4 Å². The zero-order chi connectivity index (χ0) is 21.9. The highest BCUT2D eigenvalue weighted by Gasteiger charge is 2.39. The number of hydrogen-bond donors (Lipinski definition) is 1. The topological polar surface area (TPSA) is 103 Å². The SMILES string of the molecule is CCOC(=O)c1c(N)nn2ccc(-c3cc(Cl)c4c(c3)CN([C@@H](C)C3CC3)C4=O)nc12. The molecule has 1 atom stereocenters. The third-order valence-electron chi connectivity index (χ3n) is 6.07. The molecule has 0 unspecified atom stereocenters. The number of benzene rings is 1. The van der Waals surface area contributed by atoms with Crippen LogP contribution in [0.2, 0.25) is 5.02 Å². The lowest BCUT2D eigenvalue weighted by atomic mass is 10.0. The Labute approximate surface area is 183 Å². The molecule has 3 heterocycles. The van der Waals surface area contributed by atoms with E-state index in [1.807, 2.05) is 11.0 Å². The summed E-state index contributed by atoms with van der Waals surface area (Å²) >= 11 is 6.54. The number of amides is 1. The van der Waals surface area contributed by atoms with Gasteiger partial charge in [-0.3, -0.25) is 4.79 Å². The lowest BCUT2D eigenvalue weighted by molar-refractivity contribution is 0.0529. The third-order valence-corrected chi connectivity index (χ3v) is 6.37. The number of anilines is 1. The van der Waals surface area contributed by atoms with Crippen molar-refractivity contribution in [1.29, 1.82) is 0 Å². The van der Waals surface area contributed by atoms with Gasteiger partial charge in [0.05, 0.1) is 22.9 Å². The lowest BCUT2D eigenvalue weighted by Crippen LogP contribution is -2.34. The molecule has 2 aliphatic rings. The summed E-state index contributed by atoms with van der Waals surface area (Å²) in [5.74, 6) is 0.0593. The fourth-order valence-electron chi connectivity index (χ4n) is 4.24. The number of nitrogens with two attached hydrogens (primary N) is 1. The molecule has 1 aromatic carbocycles. The van der Waals surface area contributed by atoms with E-state index < -0.39 is 5.97 Å². The van der Waals surface area contributed by atoms with Crippen LogP contribution in [-0.4, -0.2) is 44.0 Å². The second kappa shape index (κ2) is 7.23. The number of esters is 1. The molecular formula is C22H22ClN5O3. The van der Waals surface area contributed by atoms with Gasteiger partial charge in [-0.25, -0.2) is 14.3 Å². The number of rotatable bonds is 5. The first-order valence-electron chi connectivity index (χ1n) is 10.3. The molecular weight excluding hydrogens is 418 g/mol. The highest BCUT2D eigenvalue weighted by Crippen LogP contribution is 2.40. The van der Waals surface area contributed by atoms with Crippen LogP contribution in [0.4, 0.5) is 5.82 Å². The predicted octanol–water partition coefficient (Wildman–Crippen LogP) is 3.56. The number of hydrogen-bond acceptors (Lipinski definition) is 6. The van der Waals surface area contributed by atoms with Crippen LogP contribution in [0.5, 0.6) is 0 Å². The Morgan fingerprint density at radius 3 is 2.87 bits per heavy atom. The van der Waals surface area contributed by atoms with Gasteiger partial charge in [0.15, 0.2) is 11.5 Å². The Morgan fingerprint density at radius 1 is 1.39 bits per heavy atom. The highest BCUT2D eigenvalue weighted by atomic mass is 35.5. The summed E-state index contributed by atoms with van der Waals surface area (Å²) in [6.45, 7) is 4.58. The number of nitrogens with zero attached hydrogens (tertiary/aromatic N) is 4. The van der Waals surface area contributed by atoms with Gasteiger partial charge in [-0.2, -0.15) is 0 Å². The summed E-state index contributed by atoms with van der Waals surface area (Å²) in [5, 5.41) is 4.55. The molecule has 5 rings (SSSR count). The molecule has 1 aliphatic carbocycles. The van der Waals surface area contributed by atoms with Crippen LogP contribution in [0.1, 0.15) is 53.0 Å². The van der Waals surface area contributed by atoms with E-state index in [-0.39, 0.29) is 29.9 Å². The Morgan fingerprint density at radius 2 is 2.16 bits per heavy atom. The summed E-state index contributed by atoms with van der Waals surface area (Å²) in [6, 6.07) is 5.66. The number of halogens is 1. The first-order chi connectivity index (χ1) is 14.9.